The fourth-order valence-corrected chi connectivity index (χ4v) is 17.1. The van der Waals surface area contributed by atoms with Crippen LogP contribution >= 0.6 is 12.4 Å². The number of ether oxygens (including phenoxy) is 2. The monoisotopic (exact) mass is 1250 g/mol. The van der Waals surface area contributed by atoms with Crippen molar-refractivity contribution in [2.45, 2.75) is 282 Å². The summed E-state index contributed by atoms with van der Waals surface area (Å²) in [5.41, 5.74) is 4.97. The van der Waals surface area contributed by atoms with E-state index in [0.717, 1.165) is 63.5 Å². The molecule has 6 saturated heterocycles. The van der Waals surface area contributed by atoms with Crippen LogP contribution in [0, 0.1) is 51.8 Å². The van der Waals surface area contributed by atoms with Crippen molar-refractivity contribution in [2.24, 2.45) is 57.5 Å². The first-order valence-electron chi connectivity index (χ1n) is 30.8. The van der Waals surface area contributed by atoms with E-state index in [-0.39, 0.29) is 137 Å². The van der Waals surface area contributed by atoms with Gasteiger partial charge in [-0.25, -0.2) is 9.59 Å². The Balaban J connectivity index is 0.000000309. The third-order valence-corrected chi connectivity index (χ3v) is 21.9. The van der Waals surface area contributed by atoms with Crippen LogP contribution in [0.4, 0.5) is 9.59 Å². The molecule has 15 aliphatic rings. The molecule has 6 heterocycles. The average molecular weight is 1250 g/mol. The second kappa shape index (κ2) is 28.5. The lowest BCUT2D eigenvalue weighted by molar-refractivity contribution is -0.199. The van der Waals surface area contributed by atoms with Crippen LogP contribution < -0.4 is 21.7 Å². The van der Waals surface area contributed by atoms with E-state index in [9.17, 15) is 24.0 Å². The van der Waals surface area contributed by atoms with Crippen LogP contribution in [-0.4, -0.2) is 170 Å². The fraction of sp³-hybridized carbons (Fsp3) is 0.921. The van der Waals surface area contributed by atoms with E-state index in [0.29, 0.717) is 58.5 Å². The van der Waals surface area contributed by atoms with Crippen LogP contribution in [-0.2, 0) is 51.8 Å². The average Bonchev–Trinajstić information content (AvgIpc) is 1.64. The van der Waals surface area contributed by atoms with Crippen molar-refractivity contribution in [3.05, 3.63) is 0 Å². The number of nitrogens with zero attached hydrogens (tertiary/aromatic N) is 2. The molecule has 6 bridgehead atoms. The second-order valence-corrected chi connectivity index (χ2v) is 30.1. The minimum absolute atomic E-state index is 0. The zero-order valence-electron chi connectivity index (χ0n) is 52.0. The highest BCUT2D eigenvalue weighted by Gasteiger charge is 2.71. The predicted octanol–water partition coefficient (Wildman–Crippen LogP) is 10.2. The van der Waals surface area contributed by atoms with E-state index in [1.165, 1.54) is 38.5 Å². The van der Waals surface area contributed by atoms with Crippen molar-refractivity contribution in [1.29, 1.82) is 0 Å². The minimum Gasteiger partial charge on any atom is -0.480 e. The van der Waals surface area contributed by atoms with Crippen molar-refractivity contribution in [2.75, 3.05) is 39.3 Å². The number of likely N-dealkylation sites (tertiary alicyclic amines) is 2. The van der Waals surface area contributed by atoms with E-state index in [1.54, 1.807) is 41.5 Å². The van der Waals surface area contributed by atoms with Crippen LogP contribution in [0.15, 0.2) is 0 Å². The van der Waals surface area contributed by atoms with Crippen LogP contribution in [0.5, 0.6) is 0 Å². The van der Waals surface area contributed by atoms with Crippen molar-refractivity contribution < 1.29 is 66.5 Å². The van der Waals surface area contributed by atoms with E-state index in [1.807, 2.05) is 9.80 Å². The molecule has 0 aromatic rings. The number of halogens is 1. The molecule has 6 N–H and O–H groups in total. The Labute approximate surface area is 532 Å². The van der Waals surface area contributed by atoms with Gasteiger partial charge in [0.2, 0.25) is 11.8 Å². The summed E-state index contributed by atoms with van der Waals surface area (Å²) < 4.78 is 48.5. The van der Waals surface area contributed by atoms with Gasteiger partial charge in [0.15, 0.2) is 0 Å². The van der Waals surface area contributed by atoms with Gasteiger partial charge in [-0.2, -0.15) is 0 Å². The molecule has 0 radical (unpaired) electrons. The SMILES string of the molecule is C.C.C.C.C.CC(C)(C)OC(=O)NCC(=O)N1CCC[C@H]1B1O[C@@H]2C[C@@H]3CC(C3(C)C)[C@]2(C)O1.CC(C)(C)OC(=O)NCC(=O)O.CC1(C)C2C[C@H]1C[C@H]1OB([C@@H]3CCCN3)O[C@@]21C.CC1(C)C2C[C@H]1C[C@H]1OB([C@@H]3CCCN3C(=O)CN)O[C@@]21C.Cl. The van der Waals surface area contributed by atoms with Gasteiger partial charge < -0.3 is 74.0 Å². The summed E-state index contributed by atoms with van der Waals surface area (Å²) in [5.74, 6) is 3.22. The third kappa shape index (κ3) is 15.3. The Hall–Kier alpha value is -2.89. The van der Waals surface area contributed by atoms with Crippen LogP contribution in [0.25, 0.3) is 0 Å². The van der Waals surface area contributed by atoms with Gasteiger partial charge in [0, 0.05) is 19.0 Å². The molecule has 15 rings (SSSR count). The normalized spacial score (nSPS) is 36.6. The van der Waals surface area contributed by atoms with Gasteiger partial charge in [-0.15, -0.1) is 12.4 Å². The van der Waals surface area contributed by atoms with Gasteiger partial charge >= 0.3 is 39.5 Å². The van der Waals surface area contributed by atoms with Crippen molar-refractivity contribution in [1.82, 2.24) is 25.8 Å². The first-order chi connectivity index (χ1) is 37.6. The molecular weight excluding hydrogens is 1130 g/mol. The molecule has 87 heavy (non-hydrogen) atoms. The fourth-order valence-electron chi connectivity index (χ4n) is 17.1. The molecule has 0 aromatic heterocycles. The number of aliphatic carboxylic acids is 1. The van der Waals surface area contributed by atoms with Crippen LogP contribution in [0.2, 0.25) is 0 Å². The summed E-state index contributed by atoms with van der Waals surface area (Å²) in [6, 6.07) is 0. The molecule has 15 fully saturated rings. The number of hydrogen-bond acceptors (Lipinski definition) is 15. The van der Waals surface area contributed by atoms with Crippen LogP contribution in [0.1, 0.15) is 218 Å². The van der Waals surface area contributed by atoms with Gasteiger partial charge in [0.1, 0.15) is 24.3 Å². The summed E-state index contributed by atoms with van der Waals surface area (Å²) in [6.45, 7) is 33.6. The summed E-state index contributed by atoms with van der Waals surface area (Å²) >= 11 is 0. The van der Waals surface area contributed by atoms with E-state index in [2.05, 4.69) is 78.3 Å². The van der Waals surface area contributed by atoms with E-state index >= 15 is 0 Å². The number of carboxylic acid groups (broad SMARTS) is 1. The zero-order chi connectivity index (χ0) is 59.2. The Morgan fingerprint density at radius 3 is 1.24 bits per heavy atom. The summed E-state index contributed by atoms with van der Waals surface area (Å²) in [5, 5.41) is 16.4. The maximum atomic E-state index is 12.8. The highest BCUT2D eigenvalue weighted by atomic mass is 35.5. The highest BCUT2D eigenvalue weighted by Crippen LogP contribution is 2.68. The Kier molecular flexibility index (Phi) is 25.7. The van der Waals surface area contributed by atoms with Gasteiger partial charge in [0.25, 0.3) is 0 Å². The molecule has 9 saturated carbocycles. The molecule has 0 spiro atoms. The molecule has 3 unspecified atom stereocenters. The Bertz CT molecular complexity index is 2360. The molecule has 24 heteroatoms. The van der Waals surface area contributed by atoms with E-state index in [4.69, 9.17) is 48.2 Å². The smallest absolute Gasteiger partial charge is 0.480 e. The summed E-state index contributed by atoms with van der Waals surface area (Å²) in [4.78, 5) is 61.2. The lowest BCUT2D eigenvalue weighted by Gasteiger charge is -2.64. The van der Waals surface area contributed by atoms with Gasteiger partial charge in [0.05, 0.1) is 53.5 Å². The lowest BCUT2D eigenvalue weighted by Crippen LogP contribution is -2.65. The van der Waals surface area contributed by atoms with Crippen molar-refractivity contribution >= 4 is 63.7 Å². The highest BCUT2D eigenvalue weighted by molar-refractivity contribution is 6.48. The van der Waals surface area contributed by atoms with Crippen LogP contribution in [0.3, 0.4) is 0 Å². The lowest BCUT2D eigenvalue weighted by atomic mass is 9.43. The predicted molar refractivity (Wildman–Crippen MR) is 347 cm³/mol. The molecule has 6 aliphatic heterocycles. The number of carbonyl (C=O) groups excluding carboxylic acids is 4. The topological polar surface area (TPSA) is 248 Å². The number of carbonyl (C=O) groups is 5. The number of rotatable bonds is 8. The number of nitrogens with one attached hydrogen (secondary N) is 3. The largest absolute Gasteiger partial charge is 0.481 e. The molecule has 9 aliphatic carbocycles. The molecule has 20 nitrogen and oxygen atoms in total. The molecule has 15 atom stereocenters. The summed E-state index contributed by atoms with van der Waals surface area (Å²) in [7, 11) is -0.658. The van der Waals surface area contributed by atoms with Gasteiger partial charge in [-0.05, 0) is 198 Å². The standard InChI is InChI=1S/C21H35BN2O5.C16H27BN2O3.C14H24BNO2.C7H13NO4.5CH4.ClH/c1-19(2,3)27-18(26)23-12-17(25)24-9-7-8-16(24)22-28-15-11-13-10-14(20(13,4)5)21(15,6)29-22;1-15(2)10-7-11(15)16(3)12(8-10)21-17(22-16)13-5-4-6-19(13)14(20)9-18;1-13(2)9-7-10(13)14(3)11(8-9)17-15(18-14)12-5-4-6-16-12;1-7(2,3)12-6(11)8-4-5(9)10;;;;;;/h13-16H,7-12H2,1-6H3,(H,23,26);10-13H,4-9,18H2,1-3H3;9-12,16H,4-8H2,1-3H3;4H2,1-3H3,(H,8,11)(H,9,10);5*1H4;1H/t13-,14?,15+,16-,21-;10-,11?,12+,13-,16-;9-,10?,11+,12-,14-;;;;;;;/m000......./s1. The number of carboxylic acids is 1. The molecular formula is C63H120B3ClN6O14. The third-order valence-electron chi connectivity index (χ3n) is 21.9. The molecule has 0 aromatic carbocycles. The first kappa shape index (κ1) is 78.4. The quantitative estimate of drug-likeness (QED) is 0.142. The van der Waals surface area contributed by atoms with Crippen molar-refractivity contribution in [3.63, 3.8) is 0 Å². The van der Waals surface area contributed by atoms with Gasteiger partial charge in [-0.1, -0.05) is 78.7 Å². The Morgan fingerprint density at radius 2 is 0.908 bits per heavy atom. The maximum Gasteiger partial charge on any atom is 0.481 e. The number of hydrogen-bond donors (Lipinski definition) is 5. The second-order valence-electron chi connectivity index (χ2n) is 30.1. The first-order valence-corrected chi connectivity index (χ1v) is 30.8. The maximum absolute atomic E-state index is 12.8. The summed E-state index contributed by atoms with van der Waals surface area (Å²) in [6.07, 6.45) is 12.7. The number of alkyl carbamates (subject to hydrolysis) is 2. The minimum atomic E-state index is -1.10. The molecule has 502 valence electrons. The van der Waals surface area contributed by atoms with E-state index < -0.39 is 35.9 Å². The zero-order valence-corrected chi connectivity index (χ0v) is 52.8. The number of nitrogens with two attached hydrogens (primary N) is 1. The number of amides is 4. The van der Waals surface area contributed by atoms with Gasteiger partial charge in [-0.3, -0.25) is 14.4 Å². The molecule has 4 amide bonds. The Morgan fingerprint density at radius 1 is 0.552 bits per heavy atom. The van der Waals surface area contributed by atoms with Crippen molar-refractivity contribution in [3.8, 4) is 0 Å².